The molecule has 0 aliphatic carbocycles. The summed E-state index contributed by atoms with van der Waals surface area (Å²) in [6.07, 6.45) is 0. The molecule has 0 radical (unpaired) electrons. The molecule has 1 unspecified atom stereocenters. The normalized spacial score (nSPS) is 21.9. The first-order valence-electron chi connectivity index (χ1n) is 5.13. The minimum atomic E-state index is -0.629. The van der Waals surface area contributed by atoms with E-state index in [2.05, 4.69) is 25.9 Å². The van der Waals surface area contributed by atoms with E-state index in [0.29, 0.717) is 10.7 Å². The molecule has 0 bridgehead atoms. The molecule has 2 aromatic rings. The maximum absolute atomic E-state index is 5.11. The van der Waals surface area contributed by atoms with Crippen LogP contribution in [0.4, 0.5) is 5.95 Å². The molecule has 6 nitrogen and oxygen atoms in total. The lowest BCUT2D eigenvalue weighted by Gasteiger charge is -2.29. The first-order valence-corrected chi connectivity index (χ1v) is 5.54. The van der Waals surface area contributed by atoms with E-state index in [4.69, 9.17) is 12.2 Å². The van der Waals surface area contributed by atoms with E-state index in [1.807, 2.05) is 37.3 Å². The fourth-order valence-electron chi connectivity index (χ4n) is 1.73. The minimum absolute atomic E-state index is 0.434. The lowest BCUT2D eigenvalue weighted by atomic mass is 10.0. The Morgan fingerprint density at radius 1 is 1.29 bits per heavy atom. The molecule has 17 heavy (non-hydrogen) atoms. The maximum atomic E-state index is 5.11. The van der Waals surface area contributed by atoms with Crippen molar-refractivity contribution in [1.29, 1.82) is 0 Å². The Hall–Kier alpha value is -2.02. The molecule has 0 fully saturated rings. The third-order valence-corrected chi connectivity index (χ3v) is 2.93. The molecular formula is C10H10N6S. The number of nitrogens with one attached hydrogen (secondary N) is 2. The minimum Gasteiger partial charge on any atom is -0.288 e. The molecule has 86 valence electrons. The van der Waals surface area contributed by atoms with Gasteiger partial charge in [-0.2, -0.15) is 9.79 Å². The molecule has 1 aromatic heterocycles. The van der Waals surface area contributed by atoms with Crippen LogP contribution in [0.1, 0.15) is 12.5 Å². The fourth-order valence-corrected chi connectivity index (χ4v) is 1.90. The van der Waals surface area contributed by atoms with Crippen molar-refractivity contribution in [2.24, 2.45) is 10.2 Å². The predicted molar refractivity (Wildman–Crippen MR) is 65.1 cm³/mol. The van der Waals surface area contributed by atoms with Crippen LogP contribution in [0.2, 0.25) is 0 Å². The van der Waals surface area contributed by atoms with Crippen LogP contribution in [-0.2, 0) is 5.66 Å². The average molecular weight is 246 g/mol. The van der Waals surface area contributed by atoms with Gasteiger partial charge in [-0.25, -0.2) is 5.10 Å². The summed E-state index contributed by atoms with van der Waals surface area (Å²) in [7, 11) is 0. The molecule has 0 saturated carbocycles. The number of hydrogen-bond donors (Lipinski definition) is 2. The second-order valence-electron chi connectivity index (χ2n) is 3.91. The molecule has 1 aromatic carbocycles. The number of fused-ring (bicyclic) bond motifs is 1. The largest absolute Gasteiger partial charge is 0.288 e. The Labute approximate surface area is 102 Å². The van der Waals surface area contributed by atoms with Crippen LogP contribution in [0.3, 0.4) is 0 Å². The number of H-pyrrole nitrogens is 1. The van der Waals surface area contributed by atoms with Gasteiger partial charge < -0.3 is 0 Å². The predicted octanol–water partition coefficient (Wildman–Crippen LogP) is 2.45. The second kappa shape index (κ2) is 3.49. The van der Waals surface area contributed by atoms with Crippen molar-refractivity contribution in [3.05, 3.63) is 40.7 Å². The molecule has 2 heterocycles. The van der Waals surface area contributed by atoms with Gasteiger partial charge >= 0.3 is 0 Å². The van der Waals surface area contributed by atoms with E-state index in [1.165, 1.54) is 0 Å². The number of rotatable bonds is 1. The Morgan fingerprint density at radius 2 is 2.06 bits per heavy atom. The number of benzene rings is 1. The first kappa shape index (κ1) is 10.2. The van der Waals surface area contributed by atoms with E-state index >= 15 is 0 Å². The topological polar surface area (TPSA) is 70.4 Å². The quantitative estimate of drug-likeness (QED) is 0.759. The standard InChI is InChI=1S/C10H10N6S/c1-10(7-5-3-2-4-6-7)14-12-8-11-13-9(17)16(8)15-10/h2-6,15H,1H3,(H,13,17). The average Bonchev–Trinajstić information content (AvgIpc) is 2.72. The highest BCUT2D eigenvalue weighted by Gasteiger charge is 2.31. The van der Waals surface area contributed by atoms with Crippen molar-refractivity contribution in [1.82, 2.24) is 14.9 Å². The third-order valence-electron chi connectivity index (χ3n) is 2.66. The van der Waals surface area contributed by atoms with Gasteiger partial charge in [0.1, 0.15) is 0 Å². The van der Waals surface area contributed by atoms with Crippen molar-refractivity contribution in [2.75, 3.05) is 5.43 Å². The van der Waals surface area contributed by atoms with E-state index in [-0.39, 0.29) is 0 Å². The van der Waals surface area contributed by atoms with Crippen molar-refractivity contribution in [3.8, 4) is 0 Å². The molecular weight excluding hydrogens is 236 g/mol. The molecule has 1 atom stereocenters. The van der Waals surface area contributed by atoms with Crippen LogP contribution in [-0.4, -0.2) is 14.9 Å². The van der Waals surface area contributed by atoms with Crippen LogP contribution in [0, 0.1) is 4.77 Å². The van der Waals surface area contributed by atoms with Gasteiger partial charge in [0.2, 0.25) is 4.77 Å². The number of azo groups is 1. The number of aromatic amines is 1. The Balaban J connectivity index is 2.09. The van der Waals surface area contributed by atoms with Crippen molar-refractivity contribution < 1.29 is 0 Å². The highest BCUT2D eigenvalue weighted by molar-refractivity contribution is 7.71. The summed E-state index contributed by atoms with van der Waals surface area (Å²) in [6.45, 7) is 1.93. The van der Waals surface area contributed by atoms with Crippen LogP contribution in [0.25, 0.3) is 0 Å². The maximum Gasteiger partial charge on any atom is 0.287 e. The summed E-state index contributed by atoms with van der Waals surface area (Å²) in [6, 6.07) is 9.85. The second-order valence-corrected chi connectivity index (χ2v) is 4.30. The molecule has 2 N–H and O–H groups in total. The van der Waals surface area contributed by atoms with Crippen LogP contribution in [0.15, 0.2) is 40.6 Å². The molecule has 3 rings (SSSR count). The zero-order valence-corrected chi connectivity index (χ0v) is 9.90. The van der Waals surface area contributed by atoms with Gasteiger partial charge in [0, 0.05) is 5.56 Å². The Bertz CT molecular complexity index is 628. The summed E-state index contributed by atoms with van der Waals surface area (Å²) in [5.41, 5.74) is 3.58. The molecule has 0 spiro atoms. The zero-order chi connectivity index (χ0) is 11.9. The fraction of sp³-hybridized carbons (Fsp3) is 0.200. The number of nitrogens with zero attached hydrogens (tertiary/aromatic N) is 4. The van der Waals surface area contributed by atoms with Crippen molar-refractivity contribution >= 4 is 18.2 Å². The van der Waals surface area contributed by atoms with Gasteiger partial charge in [0.25, 0.3) is 5.95 Å². The monoisotopic (exact) mass is 246 g/mol. The van der Waals surface area contributed by atoms with Gasteiger partial charge in [0.05, 0.1) is 0 Å². The van der Waals surface area contributed by atoms with Crippen molar-refractivity contribution in [3.63, 3.8) is 0 Å². The summed E-state index contributed by atoms with van der Waals surface area (Å²) in [5, 5.41) is 14.9. The van der Waals surface area contributed by atoms with Gasteiger partial charge in [-0.3, -0.25) is 5.43 Å². The molecule has 0 amide bonds. The highest BCUT2D eigenvalue weighted by atomic mass is 32.1. The van der Waals surface area contributed by atoms with Crippen LogP contribution < -0.4 is 5.43 Å². The van der Waals surface area contributed by atoms with Crippen LogP contribution >= 0.6 is 12.2 Å². The number of aromatic nitrogens is 3. The first-order chi connectivity index (χ1) is 8.19. The van der Waals surface area contributed by atoms with Crippen LogP contribution in [0.5, 0.6) is 0 Å². The Morgan fingerprint density at radius 3 is 2.82 bits per heavy atom. The lowest BCUT2D eigenvalue weighted by Crippen LogP contribution is -2.37. The third kappa shape index (κ3) is 1.55. The summed E-state index contributed by atoms with van der Waals surface area (Å²) in [4.78, 5) is 0. The summed E-state index contributed by atoms with van der Waals surface area (Å²) < 4.78 is 2.09. The van der Waals surface area contributed by atoms with E-state index in [1.54, 1.807) is 4.68 Å². The van der Waals surface area contributed by atoms with E-state index in [9.17, 15) is 0 Å². The molecule has 1 aliphatic heterocycles. The van der Waals surface area contributed by atoms with Gasteiger partial charge in [-0.1, -0.05) is 30.3 Å². The molecule has 1 aliphatic rings. The van der Waals surface area contributed by atoms with E-state index in [0.717, 1.165) is 5.56 Å². The smallest absolute Gasteiger partial charge is 0.287 e. The Kier molecular flexibility index (Phi) is 2.08. The lowest BCUT2D eigenvalue weighted by molar-refractivity contribution is 0.458. The zero-order valence-electron chi connectivity index (χ0n) is 9.08. The number of hydrogen-bond acceptors (Lipinski definition) is 5. The van der Waals surface area contributed by atoms with Gasteiger partial charge in [-0.05, 0) is 19.1 Å². The van der Waals surface area contributed by atoms with E-state index < -0.39 is 5.66 Å². The molecule has 7 heteroatoms. The molecule has 0 saturated heterocycles. The van der Waals surface area contributed by atoms with Gasteiger partial charge in [-0.15, -0.1) is 10.2 Å². The summed E-state index contributed by atoms with van der Waals surface area (Å²) >= 11 is 5.11. The van der Waals surface area contributed by atoms with Gasteiger partial charge in [0.15, 0.2) is 5.66 Å². The summed E-state index contributed by atoms with van der Waals surface area (Å²) in [5.74, 6) is 0.434. The highest BCUT2D eigenvalue weighted by Crippen LogP contribution is 2.29. The van der Waals surface area contributed by atoms with Crippen molar-refractivity contribution in [2.45, 2.75) is 12.6 Å². The SMILES string of the molecule is CC1(c2ccccc2)N=Nc2n[nH]c(=S)n2N1.